The summed E-state index contributed by atoms with van der Waals surface area (Å²) < 4.78 is 15.5. The average Bonchev–Trinajstić information content (AvgIpc) is 2.36. The SMILES string of the molecule is COCC(O)COc1ccc(C(C)N)cc1OC. The minimum atomic E-state index is -0.659. The molecule has 0 saturated carbocycles. The summed E-state index contributed by atoms with van der Waals surface area (Å²) in [5, 5.41) is 9.51. The van der Waals surface area contributed by atoms with Gasteiger partial charge >= 0.3 is 0 Å². The van der Waals surface area contributed by atoms with Crippen LogP contribution in [0.4, 0.5) is 0 Å². The highest BCUT2D eigenvalue weighted by atomic mass is 16.5. The van der Waals surface area contributed by atoms with Gasteiger partial charge in [-0.25, -0.2) is 0 Å². The van der Waals surface area contributed by atoms with Crippen molar-refractivity contribution in [3.05, 3.63) is 23.8 Å². The zero-order valence-electron chi connectivity index (χ0n) is 11.1. The lowest BCUT2D eigenvalue weighted by Gasteiger charge is -2.15. The van der Waals surface area contributed by atoms with Gasteiger partial charge in [0.1, 0.15) is 12.7 Å². The van der Waals surface area contributed by atoms with Crippen LogP contribution in [0, 0.1) is 0 Å². The minimum Gasteiger partial charge on any atom is -0.493 e. The second-order valence-corrected chi connectivity index (χ2v) is 4.12. The van der Waals surface area contributed by atoms with Crippen LogP contribution in [0.3, 0.4) is 0 Å². The van der Waals surface area contributed by atoms with E-state index in [9.17, 15) is 5.11 Å². The highest BCUT2D eigenvalue weighted by molar-refractivity contribution is 5.43. The maximum atomic E-state index is 9.51. The van der Waals surface area contributed by atoms with Gasteiger partial charge in [-0.05, 0) is 24.6 Å². The summed E-state index contributed by atoms with van der Waals surface area (Å²) >= 11 is 0. The van der Waals surface area contributed by atoms with Crippen molar-refractivity contribution in [1.29, 1.82) is 0 Å². The van der Waals surface area contributed by atoms with Gasteiger partial charge in [-0.1, -0.05) is 6.07 Å². The molecule has 5 heteroatoms. The maximum absolute atomic E-state index is 9.51. The number of methoxy groups -OCH3 is 2. The van der Waals surface area contributed by atoms with E-state index in [0.29, 0.717) is 11.5 Å². The van der Waals surface area contributed by atoms with Crippen molar-refractivity contribution in [2.24, 2.45) is 5.73 Å². The van der Waals surface area contributed by atoms with Gasteiger partial charge in [-0.2, -0.15) is 0 Å². The fourth-order valence-corrected chi connectivity index (χ4v) is 1.51. The molecule has 0 aliphatic rings. The predicted molar refractivity (Wildman–Crippen MR) is 69.0 cm³/mol. The Balaban J connectivity index is 2.70. The summed E-state index contributed by atoms with van der Waals surface area (Å²) in [6, 6.07) is 5.44. The van der Waals surface area contributed by atoms with E-state index >= 15 is 0 Å². The molecule has 0 aliphatic carbocycles. The Morgan fingerprint density at radius 2 is 1.94 bits per heavy atom. The summed E-state index contributed by atoms with van der Waals surface area (Å²) in [6.07, 6.45) is -0.659. The number of aliphatic hydroxyl groups excluding tert-OH is 1. The number of nitrogens with two attached hydrogens (primary N) is 1. The normalized spacial score (nSPS) is 14.1. The van der Waals surface area contributed by atoms with Gasteiger partial charge in [0.15, 0.2) is 11.5 Å². The Morgan fingerprint density at radius 1 is 1.22 bits per heavy atom. The zero-order valence-corrected chi connectivity index (χ0v) is 11.1. The molecule has 0 fully saturated rings. The van der Waals surface area contributed by atoms with Gasteiger partial charge in [-0.15, -0.1) is 0 Å². The predicted octanol–water partition coefficient (Wildman–Crippen LogP) is 1.10. The van der Waals surface area contributed by atoms with Gasteiger partial charge in [0.2, 0.25) is 0 Å². The first-order valence-corrected chi connectivity index (χ1v) is 5.81. The molecule has 2 unspecified atom stereocenters. The fourth-order valence-electron chi connectivity index (χ4n) is 1.51. The highest BCUT2D eigenvalue weighted by Crippen LogP contribution is 2.29. The molecule has 2 atom stereocenters. The number of rotatable bonds is 7. The quantitative estimate of drug-likeness (QED) is 0.763. The molecule has 0 radical (unpaired) electrons. The van der Waals surface area contributed by atoms with E-state index in [-0.39, 0.29) is 19.3 Å². The van der Waals surface area contributed by atoms with Gasteiger partial charge in [-0.3, -0.25) is 0 Å². The molecule has 3 N–H and O–H groups in total. The van der Waals surface area contributed by atoms with Crippen LogP contribution in [-0.2, 0) is 4.74 Å². The van der Waals surface area contributed by atoms with Crippen molar-refractivity contribution < 1.29 is 19.3 Å². The van der Waals surface area contributed by atoms with Crippen molar-refractivity contribution in [2.45, 2.75) is 19.1 Å². The fraction of sp³-hybridized carbons (Fsp3) is 0.538. The van der Waals surface area contributed by atoms with Crippen molar-refractivity contribution in [2.75, 3.05) is 27.4 Å². The first-order chi connectivity index (χ1) is 8.58. The van der Waals surface area contributed by atoms with Crippen LogP contribution in [0.1, 0.15) is 18.5 Å². The summed E-state index contributed by atoms with van der Waals surface area (Å²) in [7, 11) is 3.10. The van der Waals surface area contributed by atoms with E-state index < -0.39 is 6.10 Å². The van der Waals surface area contributed by atoms with Crippen LogP contribution in [0.15, 0.2) is 18.2 Å². The molecule has 5 nitrogen and oxygen atoms in total. The Kier molecular flexibility index (Phi) is 5.91. The summed E-state index contributed by atoms with van der Waals surface area (Å²) in [6.45, 7) is 2.29. The van der Waals surface area contributed by atoms with E-state index in [1.807, 2.05) is 19.1 Å². The molecule has 0 amide bonds. The lowest BCUT2D eigenvalue weighted by molar-refractivity contribution is 0.0319. The third-order valence-electron chi connectivity index (χ3n) is 2.50. The van der Waals surface area contributed by atoms with E-state index in [1.54, 1.807) is 13.2 Å². The van der Waals surface area contributed by atoms with Crippen molar-refractivity contribution in [3.63, 3.8) is 0 Å². The first-order valence-electron chi connectivity index (χ1n) is 5.81. The number of hydrogen-bond acceptors (Lipinski definition) is 5. The molecular formula is C13H21NO4. The molecule has 18 heavy (non-hydrogen) atoms. The third kappa shape index (κ3) is 4.18. The van der Waals surface area contributed by atoms with Gasteiger partial charge in [0.05, 0.1) is 13.7 Å². The van der Waals surface area contributed by atoms with Crippen molar-refractivity contribution in [1.82, 2.24) is 0 Å². The van der Waals surface area contributed by atoms with E-state index in [0.717, 1.165) is 5.56 Å². The number of aliphatic hydroxyl groups is 1. The zero-order chi connectivity index (χ0) is 13.5. The maximum Gasteiger partial charge on any atom is 0.161 e. The lowest BCUT2D eigenvalue weighted by atomic mass is 10.1. The molecule has 0 saturated heterocycles. The molecule has 1 rings (SSSR count). The molecule has 1 aromatic carbocycles. The van der Waals surface area contributed by atoms with Crippen LogP contribution < -0.4 is 15.2 Å². The molecule has 0 aliphatic heterocycles. The second-order valence-electron chi connectivity index (χ2n) is 4.12. The number of benzene rings is 1. The first kappa shape index (κ1) is 14.8. The molecule has 0 heterocycles. The standard InChI is InChI=1S/C13H21NO4/c1-9(14)10-4-5-12(13(6-10)17-3)18-8-11(15)7-16-2/h4-6,9,11,15H,7-8,14H2,1-3H3. The summed E-state index contributed by atoms with van der Waals surface area (Å²) in [4.78, 5) is 0. The molecule has 0 bridgehead atoms. The monoisotopic (exact) mass is 255 g/mol. The minimum absolute atomic E-state index is 0.0629. The smallest absolute Gasteiger partial charge is 0.161 e. The Labute approximate surface area is 107 Å². The Morgan fingerprint density at radius 3 is 2.50 bits per heavy atom. The van der Waals surface area contributed by atoms with Gasteiger partial charge in [0.25, 0.3) is 0 Å². The second kappa shape index (κ2) is 7.20. The average molecular weight is 255 g/mol. The van der Waals surface area contributed by atoms with Crippen LogP contribution in [-0.4, -0.2) is 38.6 Å². The van der Waals surface area contributed by atoms with Crippen LogP contribution in [0.25, 0.3) is 0 Å². The number of ether oxygens (including phenoxy) is 3. The molecule has 0 spiro atoms. The van der Waals surface area contributed by atoms with Gasteiger partial charge < -0.3 is 25.1 Å². The van der Waals surface area contributed by atoms with E-state index in [1.165, 1.54) is 7.11 Å². The van der Waals surface area contributed by atoms with E-state index in [2.05, 4.69) is 0 Å². The molecular weight excluding hydrogens is 234 g/mol. The molecule has 0 aromatic heterocycles. The molecule has 102 valence electrons. The largest absolute Gasteiger partial charge is 0.493 e. The third-order valence-corrected chi connectivity index (χ3v) is 2.50. The lowest BCUT2D eigenvalue weighted by Crippen LogP contribution is -2.22. The summed E-state index contributed by atoms with van der Waals surface area (Å²) in [5.41, 5.74) is 6.77. The van der Waals surface area contributed by atoms with Crippen LogP contribution in [0.5, 0.6) is 11.5 Å². The van der Waals surface area contributed by atoms with Crippen LogP contribution >= 0.6 is 0 Å². The van der Waals surface area contributed by atoms with Crippen molar-refractivity contribution in [3.8, 4) is 11.5 Å². The Bertz CT molecular complexity index is 368. The van der Waals surface area contributed by atoms with E-state index in [4.69, 9.17) is 19.9 Å². The van der Waals surface area contributed by atoms with Crippen LogP contribution in [0.2, 0.25) is 0 Å². The van der Waals surface area contributed by atoms with Gasteiger partial charge in [0, 0.05) is 13.2 Å². The molecule has 1 aromatic rings. The topological polar surface area (TPSA) is 73.9 Å². The Hall–Kier alpha value is -1.30. The highest BCUT2D eigenvalue weighted by Gasteiger charge is 2.10. The van der Waals surface area contributed by atoms with Crippen molar-refractivity contribution >= 4 is 0 Å². The summed E-state index contributed by atoms with van der Waals surface area (Å²) in [5.74, 6) is 1.19. The number of hydrogen-bond donors (Lipinski definition) is 2.